The Balaban J connectivity index is 3.69. The van der Waals surface area contributed by atoms with E-state index >= 15 is 0 Å². The summed E-state index contributed by atoms with van der Waals surface area (Å²) in [6, 6.07) is 0. The van der Waals surface area contributed by atoms with E-state index in [1.165, 1.54) is 6.92 Å². The van der Waals surface area contributed by atoms with Gasteiger partial charge < -0.3 is 5.11 Å². The quantitative estimate of drug-likeness (QED) is 0.577. The predicted octanol–water partition coefficient (Wildman–Crippen LogP) is 0.305. The lowest BCUT2D eigenvalue weighted by Gasteiger charge is -1.99. The molecule has 0 amide bonds. The Bertz CT molecular complexity index is 138. The van der Waals surface area contributed by atoms with Gasteiger partial charge in [-0.1, -0.05) is 6.92 Å². The van der Waals surface area contributed by atoms with Crippen LogP contribution in [-0.2, 0) is 9.59 Å². The first-order valence-electron chi connectivity index (χ1n) is 3.30. The van der Waals surface area contributed by atoms with Crippen LogP contribution in [0, 0.1) is 0 Å². The topological polar surface area (TPSA) is 54.4 Å². The van der Waals surface area contributed by atoms with Crippen LogP contribution < -0.4 is 0 Å². The molecule has 0 aromatic rings. The molecule has 3 nitrogen and oxygen atoms in total. The molecule has 0 spiro atoms. The molecule has 0 saturated carbocycles. The Morgan fingerprint density at radius 2 is 2.00 bits per heavy atom. The number of ketones is 2. The fourth-order valence-electron chi connectivity index (χ4n) is 0.467. The van der Waals surface area contributed by atoms with Gasteiger partial charge in [-0.2, -0.15) is 0 Å². The van der Waals surface area contributed by atoms with Gasteiger partial charge in [0.05, 0.1) is 6.42 Å². The summed E-state index contributed by atoms with van der Waals surface area (Å²) in [7, 11) is 0. The molecular weight excluding hydrogens is 132 g/mol. The second-order valence-corrected chi connectivity index (χ2v) is 2.21. The molecule has 0 aromatic heterocycles. The fraction of sp³-hybridized carbons (Fsp3) is 0.714. The summed E-state index contributed by atoms with van der Waals surface area (Å²) < 4.78 is 0. The first-order valence-corrected chi connectivity index (χ1v) is 3.30. The summed E-state index contributed by atoms with van der Waals surface area (Å²) in [5, 5.41) is 8.66. The molecule has 58 valence electrons. The number of Topliss-reactive ketones (excluding diaryl/α,β-unsaturated/α-hetero) is 2. The third kappa shape index (κ3) is 3.35. The zero-order valence-electron chi connectivity index (χ0n) is 6.26. The third-order valence-electron chi connectivity index (χ3n) is 1.23. The van der Waals surface area contributed by atoms with E-state index in [0.29, 0.717) is 6.42 Å². The van der Waals surface area contributed by atoms with Crippen molar-refractivity contribution in [2.24, 2.45) is 0 Å². The molecule has 0 heterocycles. The highest BCUT2D eigenvalue weighted by Crippen LogP contribution is 1.94. The maximum absolute atomic E-state index is 10.6. The number of carbonyl (C=O) groups is 2. The zero-order chi connectivity index (χ0) is 8.15. The molecule has 0 aromatic carbocycles. The zero-order valence-corrected chi connectivity index (χ0v) is 6.26. The van der Waals surface area contributed by atoms with Crippen LogP contribution in [0.1, 0.15) is 26.7 Å². The average Bonchev–Trinajstić information content (AvgIpc) is 1.87. The predicted molar refractivity (Wildman–Crippen MR) is 36.6 cm³/mol. The number of carbonyl (C=O) groups excluding carboxylic acids is 2. The van der Waals surface area contributed by atoms with Crippen molar-refractivity contribution in [1.29, 1.82) is 0 Å². The number of aliphatic hydroxyl groups excluding tert-OH is 1. The van der Waals surface area contributed by atoms with Crippen molar-refractivity contribution >= 4 is 11.6 Å². The van der Waals surface area contributed by atoms with E-state index in [1.54, 1.807) is 6.92 Å². The van der Waals surface area contributed by atoms with E-state index in [4.69, 9.17) is 5.11 Å². The minimum Gasteiger partial charge on any atom is -0.386 e. The van der Waals surface area contributed by atoms with Gasteiger partial charge in [-0.3, -0.25) is 9.59 Å². The fourth-order valence-corrected chi connectivity index (χ4v) is 0.467. The Morgan fingerprint density at radius 1 is 1.50 bits per heavy atom. The van der Waals surface area contributed by atoms with Crippen LogP contribution in [0.3, 0.4) is 0 Å². The van der Waals surface area contributed by atoms with Gasteiger partial charge in [-0.05, 0) is 6.92 Å². The molecule has 0 rings (SSSR count). The van der Waals surface area contributed by atoms with Crippen LogP contribution >= 0.6 is 0 Å². The van der Waals surface area contributed by atoms with Crippen molar-refractivity contribution in [3.8, 4) is 0 Å². The van der Waals surface area contributed by atoms with Gasteiger partial charge in [0.15, 0.2) is 5.78 Å². The first kappa shape index (κ1) is 9.30. The van der Waals surface area contributed by atoms with Crippen molar-refractivity contribution in [3.05, 3.63) is 0 Å². The van der Waals surface area contributed by atoms with Gasteiger partial charge in [-0.25, -0.2) is 0 Å². The highest BCUT2D eigenvalue weighted by Gasteiger charge is 2.11. The van der Waals surface area contributed by atoms with E-state index in [1.807, 2.05) is 0 Å². The minimum atomic E-state index is -1.00. The monoisotopic (exact) mass is 144 g/mol. The van der Waals surface area contributed by atoms with Crippen LogP contribution in [0.2, 0.25) is 0 Å². The Labute approximate surface area is 60.0 Å². The van der Waals surface area contributed by atoms with E-state index < -0.39 is 11.9 Å². The molecule has 0 aliphatic heterocycles. The molecule has 0 aliphatic carbocycles. The normalized spacial score (nSPS) is 12.7. The maximum Gasteiger partial charge on any atom is 0.168 e. The van der Waals surface area contributed by atoms with Crippen molar-refractivity contribution in [2.75, 3.05) is 0 Å². The first-order chi connectivity index (χ1) is 4.57. The van der Waals surface area contributed by atoms with Gasteiger partial charge in [0.2, 0.25) is 0 Å². The molecule has 1 atom stereocenters. The van der Waals surface area contributed by atoms with Crippen LogP contribution in [0.25, 0.3) is 0 Å². The standard InChI is InChI=1S/C7H12O3/c1-3-6(9)4-7(10)5(2)8/h5,8H,3-4H2,1-2H3. The van der Waals surface area contributed by atoms with Crippen molar-refractivity contribution < 1.29 is 14.7 Å². The van der Waals surface area contributed by atoms with Gasteiger partial charge >= 0.3 is 0 Å². The summed E-state index contributed by atoms with van der Waals surface area (Å²) >= 11 is 0. The largest absolute Gasteiger partial charge is 0.386 e. The summed E-state index contributed by atoms with van der Waals surface area (Å²) in [6.07, 6.45) is -0.775. The lowest BCUT2D eigenvalue weighted by Crippen LogP contribution is -2.19. The molecule has 0 saturated heterocycles. The molecule has 0 radical (unpaired) electrons. The highest BCUT2D eigenvalue weighted by atomic mass is 16.3. The lowest BCUT2D eigenvalue weighted by molar-refractivity contribution is -0.131. The van der Waals surface area contributed by atoms with Gasteiger partial charge in [0, 0.05) is 6.42 Å². The van der Waals surface area contributed by atoms with Crippen molar-refractivity contribution in [2.45, 2.75) is 32.8 Å². The maximum atomic E-state index is 10.6. The molecule has 0 bridgehead atoms. The number of aliphatic hydroxyl groups is 1. The van der Waals surface area contributed by atoms with Gasteiger partial charge in [-0.15, -0.1) is 0 Å². The molecule has 1 unspecified atom stereocenters. The molecule has 0 fully saturated rings. The molecule has 0 aliphatic rings. The highest BCUT2D eigenvalue weighted by molar-refractivity contribution is 6.00. The Morgan fingerprint density at radius 3 is 2.30 bits per heavy atom. The Kier molecular flexibility index (Phi) is 3.88. The van der Waals surface area contributed by atoms with E-state index in [2.05, 4.69) is 0 Å². The Hall–Kier alpha value is -0.700. The van der Waals surface area contributed by atoms with Crippen LogP contribution in [-0.4, -0.2) is 22.8 Å². The smallest absolute Gasteiger partial charge is 0.168 e. The van der Waals surface area contributed by atoms with Crippen molar-refractivity contribution in [1.82, 2.24) is 0 Å². The number of hydrogen-bond acceptors (Lipinski definition) is 3. The molecule has 10 heavy (non-hydrogen) atoms. The third-order valence-corrected chi connectivity index (χ3v) is 1.23. The van der Waals surface area contributed by atoms with Crippen molar-refractivity contribution in [3.63, 3.8) is 0 Å². The van der Waals surface area contributed by atoms with E-state index in [9.17, 15) is 9.59 Å². The van der Waals surface area contributed by atoms with Gasteiger partial charge in [0.1, 0.15) is 11.9 Å². The number of rotatable bonds is 4. The second kappa shape index (κ2) is 4.17. The number of hydrogen-bond donors (Lipinski definition) is 1. The molecular formula is C7H12O3. The average molecular weight is 144 g/mol. The molecule has 1 N–H and O–H groups in total. The SMILES string of the molecule is CCC(=O)CC(=O)C(C)O. The summed E-state index contributed by atoms with van der Waals surface area (Å²) in [5.74, 6) is -0.516. The lowest BCUT2D eigenvalue weighted by atomic mass is 10.1. The van der Waals surface area contributed by atoms with Crippen LogP contribution in [0.4, 0.5) is 0 Å². The van der Waals surface area contributed by atoms with E-state index in [-0.39, 0.29) is 12.2 Å². The van der Waals surface area contributed by atoms with Crippen LogP contribution in [0.15, 0.2) is 0 Å². The van der Waals surface area contributed by atoms with Gasteiger partial charge in [0.25, 0.3) is 0 Å². The van der Waals surface area contributed by atoms with E-state index in [0.717, 1.165) is 0 Å². The van der Waals surface area contributed by atoms with Crippen LogP contribution in [0.5, 0.6) is 0 Å². The summed E-state index contributed by atoms with van der Waals surface area (Å²) in [5.41, 5.74) is 0. The summed E-state index contributed by atoms with van der Waals surface area (Å²) in [4.78, 5) is 21.2. The second-order valence-electron chi connectivity index (χ2n) is 2.21. The summed E-state index contributed by atoms with van der Waals surface area (Å²) in [6.45, 7) is 3.06. The molecule has 3 heteroatoms. The minimum absolute atomic E-state index is 0.120.